The summed E-state index contributed by atoms with van der Waals surface area (Å²) in [7, 11) is 0. The average molecular weight is 476 g/mol. The summed E-state index contributed by atoms with van der Waals surface area (Å²) < 4.78 is 12.3. The predicted octanol–water partition coefficient (Wildman–Crippen LogP) is 3.88. The molecule has 0 atom stereocenters. The van der Waals surface area contributed by atoms with Crippen molar-refractivity contribution in [2.45, 2.75) is 33.3 Å². The van der Waals surface area contributed by atoms with Crippen LogP contribution in [0.4, 0.5) is 5.82 Å². The number of aromatic nitrogens is 3. The summed E-state index contributed by atoms with van der Waals surface area (Å²) in [5.74, 6) is -0.518. The zero-order valence-corrected chi connectivity index (χ0v) is 20.1. The predicted molar refractivity (Wildman–Crippen MR) is 135 cm³/mol. The highest BCUT2D eigenvalue weighted by Gasteiger charge is 2.24. The number of nitrogen functional groups attached to an aromatic ring is 1. The van der Waals surface area contributed by atoms with E-state index in [-0.39, 0.29) is 23.4 Å². The maximum absolute atomic E-state index is 13.2. The van der Waals surface area contributed by atoms with Crippen LogP contribution in [0.15, 0.2) is 48.5 Å². The van der Waals surface area contributed by atoms with Crippen molar-refractivity contribution < 1.29 is 19.1 Å². The Morgan fingerprint density at radius 1 is 1.06 bits per heavy atom. The SMILES string of the molecule is CCOC(=O)c1ccc(-n2c(N)c(C(=O)NCCCOC(C)C)c3nc4ccccc4nc32)cc1. The van der Waals surface area contributed by atoms with E-state index in [9.17, 15) is 9.59 Å². The highest BCUT2D eigenvalue weighted by Crippen LogP contribution is 2.31. The topological polar surface area (TPSA) is 121 Å². The molecule has 35 heavy (non-hydrogen) atoms. The summed E-state index contributed by atoms with van der Waals surface area (Å²) in [6.07, 6.45) is 0.810. The number of hydrogen-bond donors (Lipinski definition) is 2. The average Bonchev–Trinajstić information content (AvgIpc) is 3.12. The molecule has 0 radical (unpaired) electrons. The lowest BCUT2D eigenvalue weighted by Gasteiger charge is -2.10. The van der Waals surface area contributed by atoms with E-state index in [2.05, 4.69) is 5.32 Å². The molecule has 4 rings (SSSR count). The molecule has 3 N–H and O–H groups in total. The third-order valence-corrected chi connectivity index (χ3v) is 5.42. The van der Waals surface area contributed by atoms with E-state index in [0.717, 1.165) is 0 Å². The molecule has 2 aromatic heterocycles. The van der Waals surface area contributed by atoms with Gasteiger partial charge in [-0.15, -0.1) is 0 Å². The van der Waals surface area contributed by atoms with Gasteiger partial charge in [0.25, 0.3) is 5.91 Å². The first-order chi connectivity index (χ1) is 16.9. The first-order valence-corrected chi connectivity index (χ1v) is 11.6. The summed E-state index contributed by atoms with van der Waals surface area (Å²) in [6.45, 7) is 6.97. The lowest BCUT2D eigenvalue weighted by Crippen LogP contribution is -2.26. The Morgan fingerprint density at radius 2 is 1.74 bits per heavy atom. The molecule has 1 amide bonds. The molecule has 0 aliphatic rings. The van der Waals surface area contributed by atoms with Gasteiger partial charge < -0.3 is 20.5 Å². The number of nitrogens with one attached hydrogen (secondary N) is 1. The Labute approximate surface area is 203 Å². The van der Waals surface area contributed by atoms with Crippen molar-refractivity contribution >= 4 is 39.9 Å². The van der Waals surface area contributed by atoms with Gasteiger partial charge in [0.2, 0.25) is 0 Å². The van der Waals surface area contributed by atoms with E-state index >= 15 is 0 Å². The van der Waals surface area contributed by atoms with Crippen molar-refractivity contribution in [2.24, 2.45) is 0 Å². The summed E-state index contributed by atoms with van der Waals surface area (Å²) >= 11 is 0. The number of rotatable bonds is 9. The van der Waals surface area contributed by atoms with Gasteiger partial charge in [-0.25, -0.2) is 14.8 Å². The number of esters is 1. The Hall–Kier alpha value is -3.98. The van der Waals surface area contributed by atoms with Gasteiger partial charge in [0.05, 0.1) is 29.3 Å². The Kier molecular flexibility index (Phi) is 7.26. The van der Waals surface area contributed by atoms with E-state index in [1.54, 1.807) is 35.8 Å². The maximum atomic E-state index is 13.2. The second-order valence-electron chi connectivity index (χ2n) is 8.28. The second-order valence-corrected chi connectivity index (χ2v) is 8.28. The molecular formula is C26H29N5O4. The van der Waals surface area contributed by atoms with Crippen molar-refractivity contribution in [2.75, 3.05) is 25.5 Å². The van der Waals surface area contributed by atoms with E-state index in [1.165, 1.54) is 0 Å². The number of anilines is 1. The van der Waals surface area contributed by atoms with Crippen LogP contribution in [0, 0.1) is 0 Å². The molecule has 0 unspecified atom stereocenters. The quantitative estimate of drug-likeness (QED) is 0.278. The van der Waals surface area contributed by atoms with Gasteiger partial charge >= 0.3 is 5.97 Å². The fraction of sp³-hybridized carbons (Fsp3) is 0.308. The number of ether oxygens (including phenoxy) is 2. The van der Waals surface area contributed by atoms with Gasteiger partial charge in [0.15, 0.2) is 5.65 Å². The van der Waals surface area contributed by atoms with Gasteiger partial charge in [-0.05, 0) is 63.6 Å². The standard InChI is InChI=1S/C26H29N5O4/c1-4-34-26(33)17-10-12-18(13-11-17)31-23(27)21(25(32)28-14-7-15-35-16(2)3)22-24(31)30-20-9-6-5-8-19(20)29-22/h5-6,8-13,16H,4,7,14-15,27H2,1-3H3,(H,28,32). The molecular weight excluding hydrogens is 446 g/mol. The van der Waals surface area contributed by atoms with Crippen molar-refractivity contribution in [1.82, 2.24) is 19.9 Å². The Bertz CT molecular complexity index is 1360. The van der Waals surface area contributed by atoms with Crippen LogP contribution >= 0.6 is 0 Å². The third-order valence-electron chi connectivity index (χ3n) is 5.42. The molecule has 0 aliphatic carbocycles. The van der Waals surface area contributed by atoms with Crippen LogP contribution in [0.25, 0.3) is 27.9 Å². The number of nitrogens with zero attached hydrogens (tertiary/aromatic N) is 3. The van der Waals surface area contributed by atoms with Crippen LogP contribution in [0.5, 0.6) is 0 Å². The monoisotopic (exact) mass is 475 g/mol. The molecule has 0 saturated carbocycles. The Balaban J connectivity index is 1.74. The fourth-order valence-corrected chi connectivity index (χ4v) is 3.79. The molecule has 182 valence electrons. The minimum Gasteiger partial charge on any atom is -0.462 e. The highest BCUT2D eigenvalue weighted by molar-refractivity contribution is 6.11. The van der Waals surface area contributed by atoms with Gasteiger partial charge in [0, 0.05) is 18.8 Å². The van der Waals surface area contributed by atoms with Crippen molar-refractivity contribution in [1.29, 1.82) is 0 Å². The molecule has 9 nitrogen and oxygen atoms in total. The first kappa shape index (κ1) is 24.2. The molecule has 0 aliphatic heterocycles. The highest BCUT2D eigenvalue weighted by atomic mass is 16.5. The third kappa shape index (κ3) is 5.09. The molecule has 0 spiro atoms. The van der Waals surface area contributed by atoms with Crippen molar-refractivity contribution in [3.63, 3.8) is 0 Å². The van der Waals surface area contributed by atoms with E-state index in [4.69, 9.17) is 25.2 Å². The van der Waals surface area contributed by atoms with Gasteiger partial charge in [-0.1, -0.05) is 12.1 Å². The maximum Gasteiger partial charge on any atom is 0.338 e. The summed E-state index contributed by atoms with van der Waals surface area (Å²) in [4.78, 5) is 34.7. The lowest BCUT2D eigenvalue weighted by molar-refractivity contribution is 0.0526. The van der Waals surface area contributed by atoms with Crippen molar-refractivity contribution in [3.05, 3.63) is 59.7 Å². The van der Waals surface area contributed by atoms with Gasteiger partial charge in [-0.2, -0.15) is 0 Å². The van der Waals surface area contributed by atoms with Crippen LogP contribution < -0.4 is 11.1 Å². The van der Waals surface area contributed by atoms with Crippen LogP contribution in [0.3, 0.4) is 0 Å². The van der Waals surface area contributed by atoms with E-state index in [0.29, 0.717) is 59.6 Å². The fourth-order valence-electron chi connectivity index (χ4n) is 3.79. The molecule has 2 aromatic carbocycles. The number of fused-ring (bicyclic) bond motifs is 2. The van der Waals surface area contributed by atoms with Gasteiger partial charge in [0.1, 0.15) is 16.9 Å². The number of nitrogens with two attached hydrogens (primary N) is 1. The van der Waals surface area contributed by atoms with Crippen molar-refractivity contribution in [3.8, 4) is 5.69 Å². The summed E-state index contributed by atoms with van der Waals surface area (Å²) in [6, 6.07) is 14.2. The molecule has 0 bridgehead atoms. The molecule has 4 aromatic rings. The number of carbonyl (C=O) groups is 2. The molecule has 9 heteroatoms. The van der Waals surface area contributed by atoms with E-state index in [1.807, 2.05) is 38.1 Å². The Morgan fingerprint density at radius 3 is 2.40 bits per heavy atom. The zero-order valence-electron chi connectivity index (χ0n) is 20.1. The van der Waals surface area contributed by atoms with Gasteiger partial charge in [-0.3, -0.25) is 9.36 Å². The second kappa shape index (κ2) is 10.5. The van der Waals surface area contributed by atoms with Crippen LogP contribution in [0.1, 0.15) is 47.9 Å². The van der Waals surface area contributed by atoms with Crippen LogP contribution in [0.2, 0.25) is 0 Å². The minimum absolute atomic E-state index is 0.137. The smallest absolute Gasteiger partial charge is 0.338 e. The minimum atomic E-state index is -0.406. The lowest BCUT2D eigenvalue weighted by atomic mass is 10.2. The molecule has 2 heterocycles. The summed E-state index contributed by atoms with van der Waals surface area (Å²) in [5, 5.41) is 2.92. The number of carbonyl (C=O) groups excluding carboxylic acids is 2. The summed E-state index contributed by atoms with van der Waals surface area (Å²) in [5.41, 5.74) is 10.1. The van der Waals surface area contributed by atoms with Crippen LogP contribution in [-0.2, 0) is 9.47 Å². The number of para-hydroxylation sites is 2. The molecule has 0 saturated heterocycles. The normalized spacial score (nSPS) is 11.3. The largest absolute Gasteiger partial charge is 0.462 e. The number of hydrogen-bond acceptors (Lipinski definition) is 7. The first-order valence-electron chi connectivity index (χ1n) is 11.6. The number of benzene rings is 2. The molecule has 0 fully saturated rings. The van der Waals surface area contributed by atoms with Crippen LogP contribution in [-0.4, -0.2) is 52.3 Å². The van der Waals surface area contributed by atoms with E-state index < -0.39 is 5.97 Å². The zero-order chi connectivity index (χ0) is 24.9. The number of amides is 1.